The summed E-state index contributed by atoms with van der Waals surface area (Å²) >= 11 is 14.1. The van der Waals surface area contributed by atoms with E-state index in [0.29, 0.717) is 0 Å². The molecule has 4 amide bonds. The lowest BCUT2D eigenvalue weighted by molar-refractivity contribution is -0.127. The average molecular weight is 707 g/mol. The van der Waals surface area contributed by atoms with Gasteiger partial charge in [-0.1, -0.05) is 48.0 Å². The summed E-state index contributed by atoms with van der Waals surface area (Å²) in [6.45, 7) is 0.108. The van der Waals surface area contributed by atoms with Gasteiger partial charge < -0.3 is 9.84 Å². The Kier molecular flexibility index (Phi) is 7.37. The van der Waals surface area contributed by atoms with Crippen LogP contribution in [0.1, 0.15) is 29.9 Å². The molecule has 7 rings (SSSR count). The van der Waals surface area contributed by atoms with Gasteiger partial charge in [0.05, 0.1) is 11.8 Å². The van der Waals surface area contributed by atoms with Crippen molar-refractivity contribution in [3.05, 3.63) is 100 Å². The first-order valence-electron chi connectivity index (χ1n) is 14.5. The molecular formula is C33H21Cl2F5N2O6. The molecule has 2 aliphatic carbocycles. The predicted octanol–water partition coefficient (Wildman–Crippen LogP) is 5.52. The van der Waals surface area contributed by atoms with Crippen LogP contribution in [0.15, 0.2) is 60.2 Å². The topological polar surface area (TPSA) is 113 Å². The van der Waals surface area contributed by atoms with Gasteiger partial charge in [0.25, 0.3) is 11.8 Å². The number of nitrogens with one attached hydrogen (secondary N) is 1. The van der Waals surface area contributed by atoms with Crippen molar-refractivity contribution in [2.45, 2.75) is 35.1 Å². The van der Waals surface area contributed by atoms with Crippen molar-refractivity contribution in [2.75, 3.05) is 4.90 Å². The van der Waals surface area contributed by atoms with Crippen LogP contribution in [0.3, 0.4) is 0 Å². The second-order valence-electron chi connectivity index (χ2n) is 12.0. The summed E-state index contributed by atoms with van der Waals surface area (Å²) in [6, 6.07) is 12.9. The van der Waals surface area contributed by atoms with E-state index in [-0.39, 0.29) is 34.8 Å². The van der Waals surface area contributed by atoms with Gasteiger partial charge >= 0.3 is 0 Å². The van der Waals surface area contributed by atoms with Crippen LogP contribution in [0.5, 0.6) is 11.5 Å². The second kappa shape index (κ2) is 11.0. The standard InChI is InChI=1S/C33H21Cl2F5N2O6/c34-32-11-18-15(8-9-17-20(18)29(45)41-28(17)44)21(16-7-6-14(10-19(16)43)48-12-13-4-2-1-3-5-13)33(32,35)31(47)42(30(32)46)27-25(39)23(37)22(36)24(38)26(27)40/h1-8,10,17-18,20-21,43H,9,11-12H2,(H,41,44,45)/t17-,18+,20-,21+,32+,33-/m0/s1. The molecule has 2 heterocycles. The Morgan fingerprint density at radius 1 is 0.854 bits per heavy atom. The number of nitrogens with zero attached hydrogens (tertiary/aromatic N) is 1. The molecule has 0 unspecified atom stereocenters. The number of aromatic hydroxyl groups is 1. The number of halogens is 7. The van der Waals surface area contributed by atoms with E-state index >= 15 is 8.78 Å². The fourth-order valence-corrected chi connectivity index (χ4v) is 8.35. The highest BCUT2D eigenvalue weighted by atomic mass is 35.5. The number of amides is 4. The lowest BCUT2D eigenvalue weighted by Crippen LogP contribution is -2.60. The summed E-state index contributed by atoms with van der Waals surface area (Å²) in [5, 5.41) is 13.6. The molecule has 2 N–H and O–H groups in total. The van der Waals surface area contributed by atoms with E-state index < -0.39 is 104 Å². The van der Waals surface area contributed by atoms with Gasteiger partial charge in [0.15, 0.2) is 33.0 Å². The van der Waals surface area contributed by atoms with E-state index in [9.17, 15) is 37.5 Å². The van der Waals surface area contributed by atoms with Gasteiger partial charge in [-0.15, -0.1) is 23.2 Å². The van der Waals surface area contributed by atoms with E-state index in [0.717, 1.165) is 5.56 Å². The normalized spacial score (nSPS) is 29.3. The minimum Gasteiger partial charge on any atom is -0.508 e. The largest absolute Gasteiger partial charge is 0.508 e. The van der Waals surface area contributed by atoms with Gasteiger partial charge in [0.2, 0.25) is 17.6 Å². The predicted molar refractivity (Wildman–Crippen MR) is 158 cm³/mol. The third-order valence-electron chi connectivity index (χ3n) is 9.63. The fourth-order valence-electron chi connectivity index (χ4n) is 7.42. The number of hydrogen-bond acceptors (Lipinski definition) is 6. The first kappa shape index (κ1) is 32.1. The minimum absolute atomic E-state index is 0.0185. The maximum absolute atomic E-state index is 15.1. The molecule has 0 aromatic heterocycles. The lowest BCUT2D eigenvalue weighted by Gasteiger charge is -2.50. The van der Waals surface area contributed by atoms with Crippen molar-refractivity contribution >= 4 is 52.5 Å². The molecule has 3 aromatic rings. The number of rotatable bonds is 5. The summed E-state index contributed by atoms with van der Waals surface area (Å²) in [5.41, 5.74) is -0.993. The number of fused-ring (bicyclic) bond motifs is 4. The number of alkyl halides is 2. The second-order valence-corrected chi connectivity index (χ2v) is 13.3. The molecule has 6 atom stereocenters. The molecule has 0 radical (unpaired) electrons. The zero-order chi connectivity index (χ0) is 34.4. The van der Waals surface area contributed by atoms with Crippen LogP contribution in [0, 0.1) is 46.8 Å². The zero-order valence-electron chi connectivity index (χ0n) is 24.2. The Balaban J connectivity index is 1.39. The first-order valence-corrected chi connectivity index (χ1v) is 15.3. The Labute approximate surface area is 278 Å². The molecule has 3 aromatic carbocycles. The summed E-state index contributed by atoms with van der Waals surface area (Å²) in [5.74, 6) is -21.9. The van der Waals surface area contributed by atoms with E-state index in [1.807, 2.05) is 6.07 Å². The van der Waals surface area contributed by atoms with Gasteiger partial charge in [0.1, 0.15) is 23.8 Å². The molecule has 248 valence electrons. The molecule has 0 bridgehead atoms. The Morgan fingerprint density at radius 3 is 2.15 bits per heavy atom. The van der Waals surface area contributed by atoms with Crippen LogP contribution >= 0.6 is 23.2 Å². The van der Waals surface area contributed by atoms with Crippen LogP contribution < -0.4 is 15.0 Å². The van der Waals surface area contributed by atoms with Crippen LogP contribution in [0.2, 0.25) is 0 Å². The number of imide groups is 2. The molecule has 8 nitrogen and oxygen atoms in total. The van der Waals surface area contributed by atoms with E-state index in [1.54, 1.807) is 24.3 Å². The van der Waals surface area contributed by atoms with E-state index in [4.69, 9.17) is 27.9 Å². The van der Waals surface area contributed by atoms with Crippen molar-refractivity contribution < 1.29 is 51.0 Å². The Hall–Kier alpha value is -4.49. The zero-order valence-corrected chi connectivity index (χ0v) is 25.7. The SMILES string of the molecule is O=C1NC(=O)[C@H]2CC=C3[C@@H](C[C@@]4(Cl)C(=O)N(c5c(F)c(F)c(F)c(F)c5F)C(=O)[C@@]4(Cl)[C@H]3c3ccc(OCc4ccccc4)cc3O)[C@@H]12. The molecule has 48 heavy (non-hydrogen) atoms. The fraction of sp³-hybridized carbons (Fsp3) is 0.273. The number of phenols is 1. The smallest absolute Gasteiger partial charge is 0.258 e. The molecule has 15 heteroatoms. The highest BCUT2D eigenvalue weighted by Gasteiger charge is 2.77. The Morgan fingerprint density at radius 2 is 1.50 bits per heavy atom. The molecule has 2 saturated heterocycles. The van der Waals surface area contributed by atoms with Crippen molar-refractivity contribution in [3.63, 3.8) is 0 Å². The van der Waals surface area contributed by atoms with Crippen molar-refractivity contribution in [3.8, 4) is 11.5 Å². The van der Waals surface area contributed by atoms with Gasteiger partial charge in [0, 0.05) is 17.5 Å². The number of ether oxygens (including phenoxy) is 1. The van der Waals surface area contributed by atoms with Crippen LogP contribution in [-0.4, -0.2) is 38.5 Å². The Bertz CT molecular complexity index is 1970. The van der Waals surface area contributed by atoms with Crippen LogP contribution in [-0.2, 0) is 25.8 Å². The minimum atomic E-state index is -2.75. The van der Waals surface area contributed by atoms with E-state index in [2.05, 4.69) is 5.32 Å². The summed E-state index contributed by atoms with van der Waals surface area (Å²) < 4.78 is 78.6. The quantitative estimate of drug-likeness (QED) is 0.0903. The molecule has 4 aliphatic rings. The third kappa shape index (κ3) is 4.26. The van der Waals surface area contributed by atoms with Gasteiger partial charge in [-0.2, -0.15) is 0 Å². The molecule has 0 spiro atoms. The average Bonchev–Trinajstić information content (AvgIpc) is 3.44. The van der Waals surface area contributed by atoms with Gasteiger partial charge in [-0.3, -0.25) is 24.5 Å². The number of carbonyl (C=O) groups is 4. The third-order valence-corrected chi connectivity index (χ3v) is 11.0. The number of phenolic OH excluding ortho intramolecular Hbond substituents is 1. The maximum atomic E-state index is 15.1. The number of allylic oxidation sites excluding steroid dienone is 2. The lowest BCUT2D eigenvalue weighted by atomic mass is 9.56. The van der Waals surface area contributed by atoms with E-state index in [1.165, 1.54) is 24.3 Å². The molecule has 3 fully saturated rings. The number of benzene rings is 3. The van der Waals surface area contributed by atoms with Crippen molar-refractivity contribution in [1.82, 2.24) is 5.32 Å². The van der Waals surface area contributed by atoms with Crippen molar-refractivity contribution in [2.24, 2.45) is 17.8 Å². The first-order chi connectivity index (χ1) is 22.7. The maximum Gasteiger partial charge on any atom is 0.258 e. The molecular weight excluding hydrogens is 686 g/mol. The summed E-state index contributed by atoms with van der Waals surface area (Å²) in [6.07, 6.45) is 0.862. The van der Waals surface area contributed by atoms with Gasteiger partial charge in [-0.25, -0.2) is 26.9 Å². The number of carbonyl (C=O) groups excluding carboxylic acids is 4. The summed E-state index contributed by atoms with van der Waals surface area (Å²) in [7, 11) is 0. The molecule has 2 aliphatic heterocycles. The van der Waals surface area contributed by atoms with Crippen LogP contribution in [0.25, 0.3) is 0 Å². The van der Waals surface area contributed by atoms with Crippen LogP contribution in [0.4, 0.5) is 27.6 Å². The number of anilines is 1. The molecule has 1 saturated carbocycles. The number of hydrogen-bond donors (Lipinski definition) is 2. The van der Waals surface area contributed by atoms with Gasteiger partial charge in [-0.05, 0) is 30.4 Å². The highest BCUT2D eigenvalue weighted by Crippen LogP contribution is 2.66. The monoisotopic (exact) mass is 706 g/mol. The highest BCUT2D eigenvalue weighted by molar-refractivity contribution is 6.58. The summed E-state index contributed by atoms with van der Waals surface area (Å²) in [4.78, 5) is 48.3. The van der Waals surface area contributed by atoms with Crippen molar-refractivity contribution in [1.29, 1.82) is 0 Å².